The van der Waals surface area contributed by atoms with Crippen molar-refractivity contribution in [3.63, 3.8) is 0 Å². The number of aromatic nitrogens is 2. The van der Waals surface area contributed by atoms with Crippen molar-refractivity contribution in [1.29, 1.82) is 0 Å². The van der Waals surface area contributed by atoms with E-state index in [0.717, 1.165) is 19.6 Å². The van der Waals surface area contributed by atoms with Gasteiger partial charge in [0.2, 0.25) is 17.5 Å². The van der Waals surface area contributed by atoms with Gasteiger partial charge in [-0.25, -0.2) is 0 Å². The van der Waals surface area contributed by atoms with Gasteiger partial charge in [0.25, 0.3) is 0 Å². The first kappa shape index (κ1) is 21.1. The second-order valence-electron chi connectivity index (χ2n) is 7.54. The molecule has 1 fully saturated rings. The maximum Gasteiger partial charge on any atom is 0.241 e. The summed E-state index contributed by atoms with van der Waals surface area (Å²) in [6, 6.07) is 14.6. The lowest BCUT2D eigenvalue weighted by Gasteiger charge is -2.39. The molecule has 8 nitrogen and oxygen atoms in total. The molecule has 0 bridgehead atoms. The summed E-state index contributed by atoms with van der Waals surface area (Å²) >= 11 is 0. The van der Waals surface area contributed by atoms with Crippen LogP contribution in [0.2, 0.25) is 0 Å². The van der Waals surface area contributed by atoms with Gasteiger partial charge in [-0.05, 0) is 24.7 Å². The average molecular weight is 425 g/mol. The monoisotopic (exact) mass is 424 g/mol. The third-order valence-corrected chi connectivity index (χ3v) is 5.69. The van der Waals surface area contributed by atoms with Crippen LogP contribution >= 0.6 is 0 Å². The number of nitrogens with zero attached hydrogens (tertiary/aromatic N) is 4. The molecular formula is C23H28N4O4. The molecule has 0 unspecified atom stereocenters. The van der Waals surface area contributed by atoms with E-state index in [1.54, 1.807) is 27.4 Å². The van der Waals surface area contributed by atoms with Crippen LogP contribution in [0.1, 0.15) is 17.5 Å². The standard InChI is InChI=1S/C23H28N4O4/c1-26-12-13-27(14-18(26)16-8-6-5-7-9-16)15-20-24-23(25-31-20)17-10-11-19(28-2)22(30-4)21(17)29-3/h5-11,18H,12-15H2,1-4H3/t18-/m0/s1. The molecule has 2 heterocycles. The van der Waals surface area contributed by atoms with Gasteiger partial charge in [-0.1, -0.05) is 35.5 Å². The molecule has 0 N–H and O–H groups in total. The summed E-state index contributed by atoms with van der Waals surface area (Å²) in [6.07, 6.45) is 0. The maximum absolute atomic E-state index is 5.58. The summed E-state index contributed by atoms with van der Waals surface area (Å²) in [7, 11) is 6.91. The number of methoxy groups -OCH3 is 3. The number of piperazine rings is 1. The number of hydrogen-bond donors (Lipinski definition) is 0. The second-order valence-corrected chi connectivity index (χ2v) is 7.54. The molecule has 0 amide bonds. The molecule has 1 atom stereocenters. The highest BCUT2D eigenvalue weighted by molar-refractivity contribution is 5.72. The van der Waals surface area contributed by atoms with Crippen molar-refractivity contribution in [1.82, 2.24) is 19.9 Å². The molecule has 1 aromatic heterocycles. The minimum Gasteiger partial charge on any atom is -0.493 e. The summed E-state index contributed by atoms with van der Waals surface area (Å²) < 4.78 is 21.9. The lowest BCUT2D eigenvalue weighted by molar-refractivity contribution is 0.0825. The lowest BCUT2D eigenvalue weighted by atomic mass is 10.0. The van der Waals surface area contributed by atoms with E-state index in [1.165, 1.54) is 5.56 Å². The number of benzene rings is 2. The van der Waals surface area contributed by atoms with Crippen LogP contribution in [0.5, 0.6) is 17.2 Å². The highest BCUT2D eigenvalue weighted by Crippen LogP contribution is 2.43. The molecule has 0 aliphatic carbocycles. The zero-order chi connectivity index (χ0) is 21.8. The first-order valence-electron chi connectivity index (χ1n) is 10.2. The minimum atomic E-state index is 0.336. The Morgan fingerprint density at radius 2 is 1.74 bits per heavy atom. The van der Waals surface area contributed by atoms with Gasteiger partial charge in [0.15, 0.2) is 11.5 Å². The summed E-state index contributed by atoms with van der Waals surface area (Å²) in [4.78, 5) is 9.36. The zero-order valence-electron chi connectivity index (χ0n) is 18.4. The fourth-order valence-electron chi connectivity index (χ4n) is 4.01. The van der Waals surface area contributed by atoms with Gasteiger partial charge in [0.05, 0.1) is 33.4 Å². The molecular weight excluding hydrogens is 396 g/mol. The minimum absolute atomic E-state index is 0.336. The Labute approximate surface area is 182 Å². The fraction of sp³-hybridized carbons (Fsp3) is 0.391. The Morgan fingerprint density at radius 3 is 2.45 bits per heavy atom. The molecule has 1 aliphatic rings. The lowest BCUT2D eigenvalue weighted by Crippen LogP contribution is -2.46. The van der Waals surface area contributed by atoms with Crippen molar-refractivity contribution in [3.05, 3.63) is 53.9 Å². The van der Waals surface area contributed by atoms with Gasteiger partial charge in [-0.15, -0.1) is 0 Å². The van der Waals surface area contributed by atoms with E-state index in [4.69, 9.17) is 18.7 Å². The highest BCUT2D eigenvalue weighted by Gasteiger charge is 2.27. The predicted molar refractivity (Wildman–Crippen MR) is 116 cm³/mol. The van der Waals surface area contributed by atoms with Crippen LogP contribution in [0.15, 0.2) is 47.0 Å². The van der Waals surface area contributed by atoms with Gasteiger partial charge < -0.3 is 18.7 Å². The molecule has 1 aliphatic heterocycles. The SMILES string of the molecule is COc1ccc(-c2noc(CN3CCN(C)[C@H](c4ccccc4)C3)n2)c(OC)c1OC. The number of rotatable bonds is 7. The van der Waals surface area contributed by atoms with Crippen LogP contribution < -0.4 is 14.2 Å². The topological polar surface area (TPSA) is 73.1 Å². The van der Waals surface area contributed by atoms with E-state index in [0.29, 0.717) is 47.1 Å². The van der Waals surface area contributed by atoms with Crippen LogP contribution in [0.3, 0.4) is 0 Å². The van der Waals surface area contributed by atoms with Gasteiger partial charge in [0.1, 0.15) is 0 Å². The van der Waals surface area contributed by atoms with Crippen molar-refractivity contribution in [2.45, 2.75) is 12.6 Å². The Kier molecular flexibility index (Phi) is 6.39. The van der Waals surface area contributed by atoms with E-state index < -0.39 is 0 Å². The van der Waals surface area contributed by atoms with Crippen molar-refractivity contribution in [3.8, 4) is 28.6 Å². The third-order valence-electron chi connectivity index (χ3n) is 5.69. The molecule has 0 saturated carbocycles. The van der Waals surface area contributed by atoms with E-state index >= 15 is 0 Å². The van der Waals surface area contributed by atoms with E-state index in [2.05, 4.69) is 51.3 Å². The van der Waals surface area contributed by atoms with Gasteiger partial charge in [-0.3, -0.25) is 9.80 Å². The first-order chi connectivity index (χ1) is 15.1. The highest BCUT2D eigenvalue weighted by atomic mass is 16.5. The van der Waals surface area contributed by atoms with Gasteiger partial charge >= 0.3 is 0 Å². The molecule has 31 heavy (non-hydrogen) atoms. The molecule has 2 aromatic carbocycles. The second kappa shape index (κ2) is 9.36. The Balaban J connectivity index is 1.52. The molecule has 3 aromatic rings. The molecule has 1 saturated heterocycles. The Bertz CT molecular complexity index is 1010. The molecule has 0 radical (unpaired) electrons. The number of hydrogen-bond acceptors (Lipinski definition) is 8. The Morgan fingerprint density at radius 1 is 0.968 bits per heavy atom. The molecule has 8 heteroatoms. The Hall–Kier alpha value is -3.10. The normalized spacial score (nSPS) is 17.5. The van der Waals surface area contributed by atoms with E-state index in [1.807, 2.05) is 12.1 Å². The molecule has 0 spiro atoms. The predicted octanol–water partition coefficient (Wildman–Crippen LogP) is 3.25. The van der Waals surface area contributed by atoms with Crippen LogP contribution in [0.25, 0.3) is 11.4 Å². The van der Waals surface area contributed by atoms with Crippen molar-refractivity contribution >= 4 is 0 Å². The smallest absolute Gasteiger partial charge is 0.241 e. The van der Waals surface area contributed by atoms with Crippen LogP contribution in [0, 0.1) is 0 Å². The largest absolute Gasteiger partial charge is 0.493 e. The summed E-state index contributed by atoms with van der Waals surface area (Å²) in [5, 5.41) is 4.18. The zero-order valence-corrected chi connectivity index (χ0v) is 18.4. The number of ether oxygens (including phenoxy) is 3. The van der Waals surface area contributed by atoms with Gasteiger partial charge in [0, 0.05) is 25.7 Å². The van der Waals surface area contributed by atoms with Crippen molar-refractivity contribution in [2.24, 2.45) is 0 Å². The first-order valence-corrected chi connectivity index (χ1v) is 10.2. The summed E-state index contributed by atoms with van der Waals surface area (Å²) in [6.45, 7) is 3.42. The van der Waals surface area contributed by atoms with Crippen LogP contribution in [0.4, 0.5) is 0 Å². The van der Waals surface area contributed by atoms with E-state index in [9.17, 15) is 0 Å². The maximum atomic E-state index is 5.58. The van der Waals surface area contributed by atoms with Crippen molar-refractivity contribution < 1.29 is 18.7 Å². The molecule has 4 rings (SSSR count). The number of likely N-dealkylation sites (N-methyl/N-ethyl adjacent to an activating group) is 1. The summed E-state index contributed by atoms with van der Waals surface area (Å²) in [5.41, 5.74) is 2.01. The van der Waals surface area contributed by atoms with E-state index in [-0.39, 0.29) is 0 Å². The van der Waals surface area contributed by atoms with Gasteiger partial charge in [-0.2, -0.15) is 4.98 Å². The van der Waals surface area contributed by atoms with Crippen LogP contribution in [-0.2, 0) is 6.54 Å². The fourth-order valence-corrected chi connectivity index (χ4v) is 4.01. The summed E-state index contributed by atoms with van der Waals surface area (Å²) in [5.74, 6) is 2.62. The quantitative estimate of drug-likeness (QED) is 0.572. The van der Waals surface area contributed by atoms with Crippen LogP contribution in [-0.4, -0.2) is 68.0 Å². The van der Waals surface area contributed by atoms with Crippen molar-refractivity contribution in [2.75, 3.05) is 48.0 Å². The third kappa shape index (κ3) is 4.35. The average Bonchev–Trinajstić information content (AvgIpc) is 3.27. The molecule has 164 valence electrons.